The summed E-state index contributed by atoms with van der Waals surface area (Å²) in [6.07, 6.45) is -1.39. The lowest BCUT2D eigenvalue weighted by Gasteiger charge is -2.20. The maximum Gasteiger partial charge on any atom is 0.416 e. The van der Waals surface area contributed by atoms with Crippen molar-refractivity contribution in [1.29, 1.82) is 0 Å². The van der Waals surface area contributed by atoms with Gasteiger partial charge in [0.2, 0.25) is 0 Å². The minimum atomic E-state index is -4.60. The summed E-state index contributed by atoms with van der Waals surface area (Å²) in [5, 5.41) is 0. The second kappa shape index (κ2) is 9.59. The van der Waals surface area contributed by atoms with E-state index in [2.05, 4.69) is 11.6 Å². The Bertz CT molecular complexity index is 1090. The molecule has 1 aromatic carbocycles. The fourth-order valence-corrected chi connectivity index (χ4v) is 3.83. The van der Waals surface area contributed by atoms with Crippen molar-refractivity contribution in [1.82, 2.24) is 9.36 Å². The van der Waals surface area contributed by atoms with Crippen LogP contribution in [0.2, 0.25) is 0 Å². The molecule has 33 heavy (non-hydrogen) atoms. The second-order valence-electron chi connectivity index (χ2n) is 9.10. The highest BCUT2D eigenvalue weighted by Crippen LogP contribution is 2.33. The molecule has 3 rings (SSSR count). The number of ether oxygens (including phenoxy) is 2. The number of carbonyl (C=O) groups excluding carboxylic acids is 1. The first-order valence-electron chi connectivity index (χ1n) is 10.8. The maximum atomic E-state index is 13.4. The van der Waals surface area contributed by atoms with Crippen molar-refractivity contribution in [3.63, 3.8) is 0 Å². The molecular weight excluding hydrogens is 435 g/mol. The van der Waals surface area contributed by atoms with Gasteiger partial charge in [0.05, 0.1) is 23.8 Å². The number of benzene rings is 1. The van der Waals surface area contributed by atoms with Gasteiger partial charge in [-0.2, -0.15) is 18.2 Å². The zero-order valence-corrected chi connectivity index (χ0v) is 19.4. The van der Waals surface area contributed by atoms with Gasteiger partial charge in [0.25, 0.3) is 5.91 Å². The molecule has 0 aliphatic carbocycles. The van der Waals surface area contributed by atoms with E-state index in [9.17, 15) is 18.0 Å². The third kappa shape index (κ3) is 5.76. The molecule has 1 atom stereocenters. The summed E-state index contributed by atoms with van der Waals surface area (Å²) < 4.78 is 54.9. The van der Waals surface area contributed by atoms with E-state index in [-0.39, 0.29) is 29.4 Å². The lowest BCUT2D eigenvalue weighted by atomic mass is 9.92. The summed E-state index contributed by atoms with van der Waals surface area (Å²) >= 11 is 0. The van der Waals surface area contributed by atoms with E-state index in [1.807, 2.05) is 32.5 Å². The van der Waals surface area contributed by atoms with Gasteiger partial charge in [0.1, 0.15) is 12.4 Å². The molecule has 0 spiro atoms. The van der Waals surface area contributed by atoms with E-state index in [4.69, 9.17) is 9.47 Å². The summed E-state index contributed by atoms with van der Waals surface area (Å²) in [5.74, 6) is -0.762. The van der Waals surface area contributed by atoms with Crippen molar-refractivity contribution < 1.29 is 27.4 Å². The van der Waals surface area contributed by atoms with Crippen LogP contribution >= 0.6 is 0 Å². The Kier molecular flexibility index (Phi) is 7.21. The van der Waals surface area contributed by atoms with Gasteiger partial charge >= 0.3 is 6.18 Å². The first-order valence-corrected chi connectivity index (χ1v) is 10.8. The van der Waals surface area contributed by atoms with E-state index in [1.54, 1.807) is 16.8 Å². The van der Waals surface area contributed by atoms with Gasteiger partial charge in [-0.1, -0.05) is 26.8 Å². The van der Waals surface area contributed by atoms with Crippen LogP contribution in [0.1, 0.15) is 55.2 Å². The van der Waals surface area contributed by atoms with Crippen molar-refractivity contribution >= 4 is 5.91 Å². The predicted molar refractivity (Wildman–Crippen MR) is 118 cm³/mol. The third-order valence-corrected chi connectivity index (χ3v) is 5.51. The number of alkyl halides is 3. The van der Waals surface area contributed by atoms with E-state index >= 15 is 0 Å². The van der Waals surface area contributed by atoms with Gasteiger partial charge < -0.3 is 9.47 Å². The molecule has 6 nitrogen and oxygen atoms in total. The standard InChI is InChI=1S/C24H30F3N3O3/c1-6-11-30-21(14-20(29(30)5)23(2,3)4)28-22(31)18-13-16(24(25,26)27)9-10-19(18)33-15-17-8-7-12-32-17/h6,9-10,13-14,17H,1,7-8,11-12,15H2,2-5H3/b28-21+/t17-/m0/s1. The molecule has 0 N–H and O–H groups in total. The number of hydrogen-bond acceptors (Lipinski definition) is 3. The second-order valence-corrected chi connectivity index (χ2v) is 9.10. The molecule has 1 aliphatic rings. The number of hydrogen-bond donors (Lipinski definition) is 0. The van der Waals surface area contributed by atoms with Crippen LogP contribution in [0.15, 0.2) is 41.9 Å². The van der Waals surface area contributed by atoms with Gasteiger partial charge in [-0.05, 0) is 31.0 Å². The van der Waals surface area contributed by atoms with Gasteiger partial charge in [0, 0.05) is 30.8 Å². The molecule has 0 radical (unpaired) electrons. The molecule has 2 aromatic rings. The number of allylic oxidation sites excluding steroid dienone is 1. The van der Waals surface area contributed by atoms with Crippen LogP contribution in [0.4, 0.5) is 13.2 Å². The zero-order chi connectivity index (χ0) is 24.4. The van der Waals surface area contributed by atoms with Crippen molar-refractivity contribution in [3.8, 4) is 5.75 Å². The van der Waals surface area contributed by atoms with Crippen molar-refractivity contribution in [2.24, 2.45) is 12.0 Å². The highest BCUT2D eigenvalue weighted by molar-refractivity contribution is 5.97. The number of aromatic nitrogens is 2. The highest BCUT2D eigenvalue weighted by atomic mass is 19.4. The summed E-state index contributed by atoms with van der Waals surface area (Å²) in [4.78, 5) is 17.3. The molecule has 1 amide bonds. The number of halogens is 3. The number of rotatable bonds is 6. The summed E-state index contributed by atoms with van der Waals surface area (Å²) in [5.41, 5.74) is -0.174. The van der Waals surface area contributed by atoms with E-state index < -0.39 is 17.6 Å². The van der Waals surface area contributed by atoms with Crippen LogP contribution < -0.4 is 10.2 Å². The minimum Gasteiger partial charge on any atom is -0.490 e. The number of nitrogens with zero attached hydrogens (tertiary/aromatic N) is 3. The smallest absolute Gasteiger partial charge is 0.416 e. The molecule has 180 valence electrons. The Balaban J connectivity index is 2.06. The maximum absolute atomic E-state index is 13.4. The lowest BCUT2D eigenvalue weighted by molar-refractivity contribution is -0.137. The van der Waals surface area contributed by atoms with Crippen molar-refractivity contribution in [2.75, 3.05) is 13.2 Å². The molecule has 1 saturated heterocycles. The van der Waals surface area contributed by atoms with E-state index in [0.717, 1.165) is 30.7 Å². The van der Waals surface area contributed by atoms with Gasteiger partial charge in [-0.15, -0.1) is 6.58 Å². The molecular formula is C24H30F3N3O3. The Morgan fingerprint density at radius 1 is 1.30 bits per heavy atom. The summed E-state index contributed by atoms with van der Waals surface area (Å²) in [7, 11) is 1.84. The Morgan fingerprint density at radius 2 is 2.03 bits per heavy atom. The van der Waals surface area contributed by atoms with E-state index in [1.165, 1.54) is 6.07 Å². The quantitative estimate of drug-likeness (QED) is 0.585. The first kappa shape index (κ1) is 24.8. The largest absolute Gasteiger partial charge is 0.490 e. The van der Waals surface area contributed by atoms with Gasteiger partial charge in [0.15, 0.2) is 5.49 Å². The molecule has 1 aliphatic heterocycles. The van der Waals surface area contributed by atoms with Crippen LogP contribution in [-0.4, -0.2) is 34.6 Å². The third-order valence-electron chi connectivity index (χ3n) is 5.51. The van der Waals surface area contributed by atoms with Crippen LogP contribution in [0.25, 0.3) is 0 Å². The van der Waals surface area contributed by atoms with Crippen molar-refractivity contribution in [3.05, 3.63) is 59.2 Å². The molecule has 1 fully saturated rings. The Hall–Kier alpha value is -2.81. The van der Waals surface area contributed by atoms with Crippen LogP contribution in [-0.2, 0) is 29.9 Å². The fraction of sp³-hybridized carbons (Fsp3) is 0.500. The minimum absolute atomic E-state index is 0.0505. The number of amides is 1. The molecule has 0 saturated carbocycles. The first-order chi connectivity index (χ1) is 15.4. The summed E-state index contributed by atoms with van der Waals surface area (Å²) in [6, 6.07) is 4.63. The van der Waals surface area contributed by atoms with Gasteiger partial charge in [-0.25, -0.2) is 0 Å². The molecule has 1 aromatic heterocycles. The fourth-order valence-electron chi connectivity index (χ4n) is 3.83. The van der Waals surface area contributed by atoms with Crippen molar-refractivity contribution in [2.45, 2.75) is 57.9 Å². The summed E-state index contributed by atoms with van der Waals surface area (Å²) in [6.45, 7) is 11.0. The normalized spacial score (nSPS) is 17.4. The SMILES string of the molecule is C=CCn1/c(=N/C(=O)c2cc(C(F)(F)F)ccc2OC[C@@H]2CCCO2)cc(C(C)(C)C)n1C. The average molecular weight is 466 g/mol. The topological polar surface area (TPSA) is 57.8 Å². The van der Waals surface area contributed by atoms with Crippen LogP contribution in [0.5, 0.6) is 5.75 Å². The highest BCUT2D eigenvalue weighted by Gasteiger charge is 2.32. The molecule has 2 heterocycles. The monoisotopic (exact) mass is 465 g/mol. The zero-order valence-electron chi connectivity index (χ0n) is 19.4. The lowest BCUT2D eigenvalue weighted by Crippen LogP contribution is -2.25. The number of carbonyl (C=O) groups is 1. The van der Waals surface area contributed by atoms with Gasteiger partial charge in [-0.3, -0.25) is 14.2 Å². The molecule has 9 heteroatoms. The van der Waals surface area contributed by atoms with Crippen LogP contribution in [0.3, 0.4) is 0 Å². The Labute approximate surface area is 191 Å². The molecule has 0 unspecified atom stereocenters. The average Bonchev–Trinajstić information content (AvgIpc) is 3.35. The van der Waals surface area contributed by atoms with E-state index in [0.29, 0.717) is 18.6 Å². The molecule has 0 bridgehead atoms. The van der Waals surface area contributed by atoms with Crippen LogP contribution in [0, 0.1) is 0 Å². The predicted octanol–water partition coefficient (Wildman–Crippen LogP) is 4.63. The Morgan fingerprint density at radius 3 is 2.61 bits per heavy atom.